The number of carbonyl (C=O) groups is 1. The zero-order valence-electron chi connectivity index (χ0n) is 12.5. The van der Waals surface area contributed by atoms with E-state index in [1.165, 1.54) is 12.1 Å². The molecule has 2 N–H and O–H groups in total. The number of benzene rings is 2. The van der Waals surface area contributed by atoms with E-state index >= 15 is 0 Å². The maximum atomic E-state index is 12.7. The molecule has 1 amide bonds. The van der Waals surface area contributed by atoms with E-state index in [9.17, 15) is 22.4 Å². The summed E-state index contributed by atoms with van der Waals surface area (Å²) in [5, 5.41) is 5.57. The number of nitrogens with one attached hydrogen (secondary N) is 2. The first-order valence-electron chi connectivity index (χ1n) is 7.14. The zero-order valence-corrected chi connectivity index (χ0v) is 12.5. The van der Waals surface area contributed by atoms with Gasteiger partial charge in [-0.2, -0.15) is 17.6 Å². The summed E-state index contributed by atoms with van der Waals surface area (Å²) in [7, 11) is 0. The molecule has 5 nitrogen and oxygen atoms in total. The maximum Gasteiger partial charge on any atom is 0.387 e. The number of alkyl halides is 4. The summed E-state index contributed by atoms with van der Waals surface area (Å²) in [4.78, 5) is 12.2. The van der Waals surface area contributed by atoms with Crippen molar-refractivity contribution in [3.63, 3.8) is 0 Å². The largest absolute Gasteiger partial charge is 0.435 e. The lowest BCUT2D eigenvalue weighted by Crippen LogP contribution is -2.38. The molecule has 3 rings (SSSR count). The first kappa shape index (κ1) is 16.9. The summed E-state index contributed by atoms with van der Waals surface area (Å²) >= 11 is 0. The van der Waals surface area contributed by atoms with Gasteiger partial charge in [-0.25, -0.2) is 0 Å². The topological polar surface area (TPSA) is 59.6 Å². The fourth-order valence-electron chi connectivity index (χ4n) is 2.49. The van der Waals surface area contributed by atoms with Gasteiger partial charge in [-0.3, -0.25) is 4.79 Å². The van der Waals surface area contributed by atoms with E-state index in [1.807, 2.05) is 0 Å². The lowest BCUT2D eigenvalue weighted by molar-refractivity contribution is -0.0547. The third-order valence-electron chi connectivity index (χ3n) is 3.48. The van der Waals surface area contributed by atoms with Crippen LogP contribution in [0, 0.1) is 0 Å². The molecule has 2 aromatic carbocycles. The summed E-state index contributed by atoms with van der Waals surface area (Å²) in [6.07, 6.45) is -0.878. The van der Waals surface area contributed by atoms with E-state index in [1.54, 1.807) is 24.3 Å². The molecule has 1 unspecified atom stereocenters. The fourth-order valence-corrected chi connectivity index (χ4v) is 2.49. The number of anilines is 1. The summed E-state index contributed by atoms with van der Waals surface area (Å²) < 4.78 is 58.5. The highest BCUT2D eigenvalue weighted by Crippen LogP contribution is 2.34. The van der Waals surface area contributed by atoms with Crippen LogP contribution in [-0.2, 0) is 0 Å². The number of ether oxygens (including phenoxy) is 2. The van der Waals surface area contributed by atoms with Crippen molar-refractivity contribution in [2.75, 3.05) is 5.32 Å². The van der Waals surface area contributed by atoms with E-state index in [0.717, 1.165) is 6.07 Å². The van der Waals surface area contributed by atoms with Crippen LogP contribution in [0.2, 0.25) is 0 Å². The Morgan fingerprint density at radius 3 is 2.36 bits per heavy atom. The van der Waals surface area contributed by atoms with Crippen molar-refractivity contribution in [1.82, 2.24) is 5.32 Å². The van der Waals surface area contributed by atoms with Crippen molar-refractivity contribution in [2.24, 2.45) is 0 Å². The number of halogens is 4. The predicted molar refractivity (Wildman–Crippen MR) is 80.0 cm³/mol. The summed E-state index contributed by atoms with van der Waals surface area (Å²) in [5.74, 6) is -1.13. The normalized spacial score (nSPS) is 16.2. The highest BCUT2D eigenvalue weighted by molar-refractivity contribution is 6.01. The summed E-state index contributed by atoms with van der Waals surface area (Å²) in [6, 6.07) is 10.0. The van der Waals surface area contributed by atoms with Crippen LogP contribution in [-0.4, -0.2) is 19.1 Å². The SMILES string of the molecule is O=C1NC(c2ccc(OC(F)F)cc2OC(F)F)Nc2ccccc21. The third-order valence-corrected chi connectivity index (χ3v) is 3.48. The molecule has 0 radical (unpaired) electrons. The summed E-state index contributed by atoms with van der Waals surface area (Å²) in [6.45, 7) is -6.28. The Labute approximate surface area is 139 Å². The van der Waals surface area contributed by atoms with Crippen molar-refractivity contribution < 1.29 is 31.8 Å². The van der Waals surface area contributed by atoms with Gasteiger partial charge in [0.1, 0.15) is 17.7 Å². The van der Waals surface area contributed by atoms with Crippen molar-refractivity contribution in [2.45, 2.75) is 19.4 Å². The molecular formula is C16H12F4N2O3. The first-order valence-corrected chi connectivity index (χ1v) is 7.14. The van der Waals surface area contributed by atoms with Gasteiger partial charge >= 0.3 is 13.2 Å². The smallest absolute Gasteiger partial charge is 0.387 e. The van der Waals surface area contributed by atoms with Gasteiger partial charge in [0.15, 0.2) is 0 Å². The molecule has 0 aromatic heterocycles. The number of amides is 1. The fraction of sp³-hybridized carbons (Fsp3) is 0.188. The Morgan fingerprint density at radius 1 is 0.920 bits per heavy atom. The van der Waals surface area contributed by atoms with Crippen molar-refractivity contribution in [3.8, 4) is 11.5 Å². The Balaban J connectivity index is 1.94. The van der Waals surface area contributed by atoms with Gasteiger partial charge in [0.2, 0.25) is 0 Å². The van der Waals surface area contributed by atoms with Crippen LogP contribution in [0.15, 0.2) is 42.5 Å². The average molecular weight is 356 g/mol. The minimum absolute atomic E-state index is 0.143. The molecule has 1 atom stereocenters. The van der Waals surface area contributed by atoms with E-state index in [4.69, 9.17) is 0 Å². The van der Waals surface area contributed by atoms with Crippen LogP contribution in [0.4, 0.5) is 23.2 Å². The molecule has 2 aromatic rings. The molecule has 1 heterocycles. The number of fused-ring (bicyclic) bond motifs is 1. The molecule has 25 heavy (non-hydrogen) atoms. The first-order chi connectivity index (χ1) is 11.9. The van der Waals surface area contributed by atoms with Gasteiger partial charge in [-0.1, -0.05) is 12.1 Å². The highest BCUT2D eigenvalue weighted by Gasteiger charge is 2.27. The minimum Gasteiger partial charge on any atom is -0.435 e. The minimum atomic E-state index is -3.17. The highest BCUT2D eigenvalue weighted by atomic mass is 19.3. The standard InChI is InChI=1S/C16H12F4N2O3/c17-15(18)24-8-5-6-10(12(7-8)25-16(19)20)13-21-11-4-2-1-3-9(11)14(23)22-13/h1-7,13,15-16,21H,(H,22,23). The van der Waals surface area contributed by atoms with Crippen LogP contribution < -0.4 is 20.1 Å². The lowest BCUT2D eigenvalue weighted by Gasteiger charge is -2.29. The quantitative estimate of drug-likeness (QED) is 0.802. The molecule has 0 saturated carbocycles. The second-order valence-corrected chi connectivity index (χ2v) is 5.05. The Hall–Kier alpha value is -2.97. The summed E-state index contributed by atoms with van der Waals surface area (Å²) in [5.41, 5.74) is 1.05. The molecular weight excluding hydrogens is 344 g/mol. The maximum absolute atomic E-state index is 12.7. The van der Waals surface area contributed by atoms with Crippen molar-refractivity contribution in [1.29, 1.82) is 0 Å². The molecule has 0 fully saturated rings. The molecule has 0 bridgehead atoms. The van der Waals surface area contributed by atoms with E-state index in [0.29, 0.717) is 11.3 Å². The van der Waals surface area contributed by atoms with Gasteiger partial charge in [-0.15, -0.1) is 0 Å². The van der Waals surface area contributed by atoms with Crippen LogP contribution in [0.3, 0.4) is 0 Å². The molecule has 1 aliphatic heterocycles. The number of para-hydroxylation sites is 1. The van der Waals surface area contributed by atoms with Crippen LogP contribution in [0.1, 0.15) is 22.1 Å². The third kappa shape index (κ3) is 3.76. The Morgan fingerprint density at radius 2 is 1.64 bits per heavy atom. The molecule has 0 aliphatic carbocycles. The molecule has 1 aliphatic rings. The van der Waals surface area contributed by atoms with Crippen LogP contribution in [0.5, 0.6) is 11.5 Å². The van der Waals surface area contributed by atoms with Gasteiger partial charge in [0, 0.05) is 17.3 Å². The van der Waals surface area contributed by atoms with Gasteiger partial charge in [0.05, 0.1) is 5.56 Å². The van der Waals surface area contributed by atoms with Crippen molar-refractivity contribution in [3.05, 3.63) is 53.6 Å². The molecule has 132 valence electrons. The van der Waals surface area contributed by atoms with Gasteiger partial charge < -0.3 is 20.1 Å². The number of hydrogen-bond donors (Lipinski definition) is 2. The van der Waals surface area contributed by atoms with Gasteiger partial charge in [-0.05, 0) is 24.3 Å². The van der Waals surface area contributed by atoms with E-state index in [2.05, 4.69) is 20.1 Å². The second-order valence-electron chi connectivity index (χ2n) is 5.05. The monoisotopic (exact) mass is 356 g/mol. The second kappa shape index (κ2) is 6.88. The number of carbonyl (C=O) groups excluding carboxylic acids is 1. The zero-order chi connectivity index (χ0) is 18.0. The van der Waals surface area contributed by atoms with E-state index in [-0.39, 0.29) is 17.1 Å². The Kier molecular flexibility index (Phi) is 4.64. The molecule has 9 heteroatoms. The molecule has 0 saturated heterocycles. The van der Waals surface area contributed by atoms with Crippen LogP contribution in [0.25, 0.3) is 0 Å². The number of hydrogen-bond acceptors (Lipinski definition) is 4. The average Bonchev–Trinajstić information content (AvgIpc) is 2.54. The number of rotatable bonds is 5. The molecule has 0 spiro atoms. The van der Waals surface area contributed by atoms with Crippen molar-refractivity contribution >= 4 is 11.6 Å². The van der Waals surface area contributed by atoms with Gasteiger partial charge in [0.25, 0.3) is 5.91 Å². The Bertz CT molecular complexity index is 786. The van der Waals surface area contributed by atoms with E-state index < -0.39 is 25.3 Å². The van der Waals surface area contributed by atoms with Crippen LogP contribution >= 0.6 is 0 Å². The predicted octanol–water partition coefficient (Wildman–Crippen LogP) is 3.74. The lowest BCUT2D eigenvalue weighted by atomic mass is 10.0.